The molecule has 5 heteroatoms. The second-order valence-corrected chi connectivity index (χ2v) is 9.36. The molecule has 1 atom stereocenters. The van der Waals surface area contributed by atoms with E-state index >= 15 is 0 Å². The van der Waals surface area contributed by atoms with Crippen molar-refractivity contribution < 1.29 is 18.8 Å². The first kappa shape index (κ1) is 22.7. The molecule has 0 amide bonds. The fraction of sp³-hybridized carbons (Fsp3) is 0.609. The van der Waals surface area contributed by atoms with Crippen molar-refractivity contribution in [2.24, 2.45) is 5.41 Å². The van der Waals surface area contributed by atoms with Crippen LogP contribution in [0.5, 0.6) is 0 Å². The lowest BCUT2D eigenvalue weighted by molar-refractivity contribution is -0.153. The Morgan fingerprint density at radius 1 is 1.14 bits per heavy atom. The lowest BCUT2D eigenvalue weighted by Crippen LogP contribution is -2.41. The van der Waals surface area contributed by atoms with E-state index in [0.717, 1.165) is 11.1 Å². The number of carbonyl (C=O) groups excluding carboxylic acids is 1. The van der Waals surface area contributed by atoms with E-state index in [1.165, 1.54) is 0 Å². The van der Waals surface area contributed by atoms with Crippen molar-refractivity contribution in [2.45, 2.75) is 78.8 Å². The summed E-state index contributed by atoms with van der Waals surface area (Å²) >= 11 is 0. The van der Waals surface area contributed by atoms with Gasteiger partial charge in [0, 0.05) is 5.82 Å². The lowest BCUT2D eigenvalue weighted by Gasteiger charge is -2.32. The highest BCUT2D eigenvalue weighted by Gasteiger charge is 2.53. The minimum Gasteiger partial charge on any atom is -0.466 e. The van der Waals surface area contributed by atoms with E-state index in [4.69, 9.17) is 14.0 Å². The van der Waals surface area contributed by atoms with Crippen LogP contribution in [-0.2, 0) is 18.8 Å². The van der Waals surface area contributed by atoms with Crippen LogP contribution in [0.4, 0.5) is 0 Å². The molecule has 0 radical (unpaired) electrons. The van der Waals surface area contributed by atoms with Gasteiger partial charge in [-0.2, -0.15) is 0 Å². The summed E-state index contributed by atoms with van der Waals surface area (Å²) in [5, 5.41) is 0. The number of allylic oxidation sites excluding steroid dienone is 2. The molecular formula is C23H35BO4. The Kier molecular flexibility index (Phi) is 6.83. The molecule has 0 saturated carbocycles. The molecule has 1 aromatic rings. The summed E-state index contributed by atoms with van der Waals surface area (Å²) in [5.74, 6) is -0.227. The molecule has 4 nitrogen and oxygen atoms in total. The van der Waals surface area contributed by atoms with Crippen molar-refractivity contribution in [3.63, 3.8) is 0 Å². The van der Waals surface area contributed by atoms with Gasteiger partial charge in [-0.1, -0.05) is 42.0 Å². The van der Waals surface area contributed by atoms with Gasteiger partial charge in [0.1, 0.15) is 0 Å². The first-order valence-corrected chi connectivity index (χ1v) is 10.1. The molecule has 1 saturated heterocycles. The van der Waals surface area contributed by atoms with Crippen LogP contribution >= 0.6 is 0 Å². The molecule has 0 aromatic heterocycles. The molecule has 1 unspecified atom stereocenters. The monoisotopic (exact) mass is 386 g/mol. The van der Waals surface area contributed by atoms with Crippen LogP contribution < -0.4 is 0 Å². The van der Waals surface area contributed by atoms with Gasteiger partial charge < -0.3 is 14.0 Å². The van der Waals surface area contributed by atoms with E-state index in [1.54, 1.807) is 0 Å². The Morgan fingerprint density at radius 2 is 1.68 bits per heavy atom. The van der Waals surface area contributed by atoms with Crippen molar-refractivity contribution >= 4 is 13.1 Å². The highest BCUT2D eigenvalue weighted by Crippen LogP contribution is 2.42. The van der Waals surface area contributed by atoms with Gasteiger partial charge in [0.2, 0.25) is 0 Å². The van der Waals surface area contributed by atoms with Gasteiger partial charge in [-0.15, -0.1) is 0 Å². The molecular weight excluding hydrogens is 351 g/mol. The number of benzene rings is 1. The van der Waals surface area contributed by atoms with E-state index in [2.05, 4.69) is 52.8 Å². The second kappa shape index (κ2) is 8.42. The summed E-state index contributed by atoms with van der Waals surface area (Å²) in [7, 11) is -0.381. The number of esters is 1. The normalized spacial score (nSPS) is 20.1. The first-order valence-electron chi connectivity index (χ1n) is 10.1. The van der Waals surface area contributed by atoms with Gasteiger partial charge in [0.25, 0.3) is 0 Å². The molecule has 1 fully saturated rings. The maximum atomic E-state index is 12.3. The topological polar surface area (TPSA) is 44.8 Å². The van der Waals surface area contributed by atoms with Crippen LogP contribution in [0, 0.1) is 5.41 Å². The number of carbonyl (C=O) groups is 1. The molecule has 0 spiro atoms. The predicted molar refractivity (Wildman–Crippen MR) is 114 cm³/mol. The van der Waals surface area contributed by atoms with E-state index in [1.807, 2.05) is 39.0 Å². The first-order chi connectivity index (χ1) is 12.9. The molecule has 0 N–H and O–H groups in total. The van der Waals surface area contributed by atoms with Crippen LogP contribution in [-0.4, -0.2) is 30.9 Å². The fourth-order valence-electron chi connectivity index (χ4n) is 3.50. The molecule has 1 aromatic carbocycles. The maximum Gasteiger partial charge on any atom is 0.469 e. The van der Waals surface area contributed by atoms with Crippen LogP contribution in [0.1, 0.15) is 73.2 Å². The molecule has 1 heterocycles. The molecule has 2 rings (SSSR count). The van der Waals surface area contributed by atoms with Gasteiger partial charge in [-0.3, -0.25) is 4.79 Å². The summed E-state index contributed by atoms with van der Waals surface area (Å²) in [6, 6.07) is 10.2. The quantitative estimate of drug-likeness (QED) is 0.361. The Bertz CT molecular complexity index is 691. The van der Waals surface area contributed by atoms with Crippen molar-refractivity contribution in [1.29, 1.82) is 0 Å². The SMILES string of the molecule is CCOC(=O)C(C)(C)C/C(C)=C/C(B1OC(C)(C)C(C)(C)O1)c1ccccc1. The van der Waals surface area contributed by atoms with Gasteiger partial charge >= 0.3 is 13.1 Å². The zero-order valence-corrected chi connectivity index (χ0v) is 18.7. The third kappa shape index (κ3) is 5.06. The average Bonchev–Trinajstić information content (AvgIpc) is 2.80. The summed E-state index contributed by atoms with van der Waals surface area (Å²) in [5.41, 5.74) is 0.886. The minimum atomic E-state index is -0.576. The Morgan fingerprint density at radius 3 is 2.18 bits per heavy atom. The number of rotatable bonds is 7. The molecule has 0 aliphatic carbocycles. The molecule has 154 valence electrons. The van der Waals surface area contributed by atoms with Crippen LogP contribution in [0.2, 0.25) is 0 Å². The van der Waals surface area contributed by atoms with Crippen LogP contribution in [0.3, 0.4) is 0 Å². The van der Waals surface area contributed by atoms with Gasteiger partial charge in [0.15, 0.2) is 0 Å². The summed E-state index contributed by atoms with van der Waals surface area (Å²) < 4.78 is 17.9. The highest BCUT2D eigenvalue weighted by atomic mass is 16.7. The third-order valence-corrected chi connectivity index (χ3v) is 5.76. The second-order valence-electron chi connectivity index (χ2n) is 9.36. The number of ether oxygens (including phenoxy) is 1. The number of hydrogen-bond acceptors (Lipinski definition) is 4. The molecule has 0 bridgehead atoms. The molecule has 1 aliphatic heterocycles. The molecule has 28 heavy (non-hydrogen) atoms. The van der Waals surface area contributed by atoms with Gasteiger partial charge in [0.05, 0.1) is 23.2 Å². The zero-order chi connectivity index (χ0) is 21.2. The van der Waals surface area contributed by atoms with E-state index in [-0.39, 0.29) is 18.9 Å². The van der Waals surface area contributed by atoms with Crippen LogP contribution in [0.15, 0.2) is 42.0 Å². The maximum absolute atomic E-state index is 12.3. The molecule has 1 aliphatic rings. The smallest absolute Gasteiger partial charge is 0.466 e. The number of hydrogen-bond donors (Lipinski definition) is 0. The van der Waals surface area contributed by atoms with Crippen molar-refractivity contribution in [3.05, 3.63) is 47.5 Å². The largest absolute Gasteiger partial charge is 0.469 e. The van der Waals surface area contributed by atoms with Crippen molar-refractivity contribution in [1.82, 2.24) is 0 Å². The zero-order valence-electron chi connectivity index (χ0n) is 18.7. The van der Waals surface area contributed by atoms with E-state index in [0.29, 0.717) is 13.0 Å². The Balaban J connectivity index is 2.31. The summed E-state index contributed by atoms with van der Waals surface area (Å²) in [4.78, 5) is 12.3. The highest BCUT2D eigenvalue weighted by molar-refractivity contribution is 6.48. The van der Waals surface area contributed by atoms with Crippen molar-refractivity contribution in [2.75, 3.05) is 6.61 Å². The van der Waals surface area contributed by atoms with Gasteiger partial charge in [-0.05, 0) is 67.4 Å². The lowest BCUT2D eigenvalue weighted by atomic mass is 9.66. The average molecular weight is 386 g/mol. The minimum absolute atomic E-state index is 0.0553. The third-order valence-electron chi connectivity index (χ3n) is 5.76. The Hall–Kier alpha value is -1.59. The fourth-order valence-corrected chi connectivity index (χ4v) is 3.50. The van der Waals surface area contributed by atoms with E-state index < -0.39 is 16.6 Å². The summed E-state index contributed by atoms with van der Waals surface area (Å²) in [6.45, 7) is 16.4. The standard InChI is InChI=1S/C23H35BO4/c1-9-26-20(25)21(3,4)16-17(2)15-19(18-13-11-10-12-14-18)24-27-22(5,6)23(7,8)28-24/h10-15,19H,9,16H2,1-8H3/b17-15+. The van der Waals surface area contributed by atoms with Crippen LogP contribution in [0.25, 0.3) is 0 Å². The van der Waals surface area contributed by atoms with Crippen molar-refractivity contribution in [3.8, 4) is 0 Å². The predicted octanol–water partition coefficient (Wildman–Crippen LogP) is 5.33. The summed E-state index contributed by atoms with van der Waals surface area (Å²) in [6.07, 6.45) is 2.80. The van der Waals surface area contributed by atoms with E-state index in [9.17, 15) is 4.79 Å². The Labute approximate surface area is 170 Å². The van der Waals surface area contributed by atoms with Gasteiger partial charge in [-0.25, -0.2) is 0 Å².